The first-order valence-electron chi connectivity index (χ1n) is 13.0. The number of nitrogens with zero attached hydrogens (tertiary/aromatic N) is 3. The lowest BCUT2D eigenvalue weighted by atomic mass is 10.1. The fourth-order valence-corrected chi connectivity index (χ4v) is 4.76. The standard InChI is InChI=1S/C30H32N6O2/c1-31-28(37)14-4-2-3-12-25(34-29(38)19-36-20-33-24-11-7-8-13-27(24)36)30-32-18-26(35-30)23-16-15-21-9-5-6-10-22(21)17-23/h5-11,13,15-18,20,25H,2-4,12,14,19H2,1H3,(H,31,37)(H,32,35)(H,34,38). The number of aromatic nitrogens is 4. The predicted molar refractivity (Wildman–Crippen MR) is 149 cm³/mol. The maximum Gasteiger partial charge on any atom is 0.240 e. The number of fused-ring (bicyclic) bond motifs is 2. The van der Waals surface area contributed by atoms with E-state index >= 15 is 0 Å². The quantitative estimate of drug-likeness (QED) is 0.215. The molecule has 0 aliphatic heterocycles. The van der Waals surface area contributed by atoms with Crippen molar-refractivity contribution in [3.8, 4) is 11.3 Å². The third kappa shape index (κ3) is 5.91. The minimum atomic E-state index is -0.272. The normalized spacial score (nSPS) is 12.0. The number of benzene rings is 3. The van der Waals surface area contributed by atoms with Gasteiger partial charge in [0.2, 0.25) is 11.8 Å². The number of carbonyl (C=O) groups is 2. The lowest BCUT2D eigenvalue weighted by molar-refractivity contribution is -0.122. The third-order valence-electron chi connectivity index (χ3n) is 6.84. The molecule has 0 aliphatic rings. The molecule has 0 aliphatic carbocycles. The number of aromatic amines is 1. The smallest absolute Gasteiger partial charge is 0.240 e. The Kier molecular flexibility index (Phi) is 7.78. The fraction of sp³-hybridized carbons (Fsp3) is 0.267. The molecule has 194 valence electrons. The van der Waals surface area contributed by atoms with Crippen molar-refractivity contribution in [1.29, 1.82) is 0 Å². The Morgan fingerprint density at radius 1 is 0.921 bits per heavy atom. The summed E-state index contributed by atoms with van der Waals surface area (Å²) in [6.07, 6.45) is 7.31. The van der Waals surface area contributed by atoms with Crippen molar-refractivity contribution in [2.45, 2.75) is 44.7 Å². The monoisotopic (exact) mass is 508 g/mol. The molecule has 5 rings (SSSR count). The first-order chi connectivity index (χ1) is 18.6. The van der Waals surface area contributed by atoms with E-state index in [4.69, 9.17) is 0 Å². The Bertz CT molecular complexity index is 1550. The average Bonchev–Trinajstić information content (AvgIpc) is 3.60. The number of hydrogen-bond donors (Lipinski definition) is 3. The van der Waals surface area contributed by atoms with E-state index in [9.17, 15) is 9.59 Å². The summed E-state index contributed by atoms with van der Waals surface area (Å²) in [6, 6.07) is 22.1. The van der Waals surface area contributed by atoms with Gasteiger partial charge in [-0.15, -0.1) is 0 Å². The van der Waals surface area contributed by atoms with Gasteiger partial charge in [0.15, 0.2) is 0 Å². The van der Waals surface area contributed by atoms with Crippen molar-refractivity contribution in [3.05, 3.63) is 85.1 Å². The van der Waals surface area contributed by atoms with Crippen LogP contribution in [0.15, 0.2) is 79.3 Å². The maximum absolute atomic E-state index is 13.1. The van der Waals surface area contributed by atoms with Gasteiger partial charge in [-0.1, -0.05) is 61.4 Å². The van der Waals surface area contributed by atoms with Gasteiger partial charge >= 0.3 is 0 Å². The van der Waals surface area contributed by atoms with Gasteiger partial charge in [0.05, 0.1) is 35.3 Å². The van der Waals surface area contributed by atoms with E-state index in [1.165, 1.54) is 5.39 Å². The van der Waals surface area contributed by atoms with Crippen LogP contribution in [0.1, 0.15) is 44.0 Å². The van der Waals surface area contributed by atoms with Gasteiger partial charge in [-0.25, -0.2) is 9.97 Å². The number of nitrogens with one attached hydrogen (secondary N) is 3. The van der Waals surface area contributed by atoms with Crippen molar-refractivity contribution in [3.63, 3.8) is 0 Å². The molecule has 0 bridgehead atoms. The molecule has 0 fully saturated rings. The summed E-state index contributed by atoms with van der Waals surface area (Å²) in [6.45, 7) is 0.173. The Morgan fingerprint density at radius 3 is 2.61 bits per heavy atom. The SMILES string of the molecule is CNC(=O)CCCCCC(NC(=O)Cn1cnc2ccccc21)c1ncc(-c2ccc3ccccc3c2)[nH]1. The second-order valence-electron chi connectivity index (χ2n) is 9.50. The highest BCUT2D eigenvalue weighted by atomic mass is 16.2. The molecule has 1 unspecified atom stereocenters. The molecule has 38 heavy (non-hydrogen) atoms. The van der Waals surface area contributed by atoms with Gasteiger partial charge in [-0.3, -0.25) is 9.59 Å². The van der Waals surface area contributed by atoms with E-state index in [2.05, 4.69) is 55.9 Å². The second-order valence-corrected chi connectivity index (χ2v) is 9.50. The molecule has 2 aromatic heterocycles. The molecule has 0 saturated heterocycles. The minimum absolute atomic E-state index is 0.0495. The van der Waals surface area contributed by atoms with Crippen LogP contribution in [0, 0.1) is 0 Å². The van der Waals surface area contributed by atoms with Gasteiger partial charge in [0, 0.05) is 19.0 Å². The number of amides is 2. The lowest BCUT2D eigenvalue weighted by Crippen LogP contribution is -2.32. The largest absolute Gasteiger partial charge is 0.359 e. The number of H-pyrrole nitrogens is 1. The Labute approximate surface area is 221 Å². The van der Waals surface area contributed by atoms with Crippen molar-refractivity contribution in [2.75, 3.05) is 7.05 Å². The molecule has 8 heteroatoms. The Morgan fingerprint density at radius 2 is 1.74 bits per heavy atom. The van der Waals surface area contributed by atoms with Gasteiger partial charge < -0.3 is 20.2 Å². The van der Waals surface area contributed by atoms with Gasteiger partial charge in [0.1, 0.15) is 12.4 Å². The van der Waals surface area contributed by atoms with Gasteiger partial charge in [-0.05, 0) is 41.8 Å². The van der Waals surface area contributed by atoms with Crippen LogP contribution in [0.3, 0.4) is 0 Å². The maximum atomic E-state index is 13.1. The molecule has 1 atom stereocenters. The summed E-state index contributed by atoms with van der Waals surface area (Å²) >= 11 is 0. The zero-order valence-corrected chi connectivity index (χ0v) is 21.5. The topological polar surface area (TPSA) is 105 Å². The highest BCUT2D eigenvalue weighted by Crippen LogP contribution is 2.26. The van der Waals surface area contributed by atoms with Crippen LogP contribution in [0.2, 0.25) is 0 Å². The summed E-state index contributed by atoms with van der Waals surface area (Å²) in [5.74, 6) is 0.670. The highest BCUT2D eigenvalue weighted by Gasteiger charge is 2.19. The van der Waals surface area contributed by atoms with Crippen LogP contribution in [0.5, 0.6) is 0 Å². The summed E-state index contributed by atoms with van der Waals surface area (Å²) < 4.78 is 1.85. The van der Waals surface area contributed by atoms with Crippen LogP contribution >= 0.6 is 0 Å². The number of rotatable bonds is 11. The molecule has 0 radical (unpaired) electrons. The number of imidazole rings is 2. The zero-order valence-electron chi connectivity index (χ0n) is 21.5. The first kappa shape index (κ1) is 25.2. The molecule has 5 aromatic rings. The van der Waals surface area contributed by atoms with Crippen molar-refractivity contribution in [2.24, 2.45) is 0 Å². The fourth-order valence-electron chi connectivity index (χ4n) is 4.76. The van der Waals surface area contributed by atoms with E-state index in [1.54, 1.807) is 13.4 Å². The summed E-state index contributed by atoms with van der Waals surface area (Å²) in [7, 11) is 1.65. The molecule has 8 nitrogen and oxygen atoms in total. The average molecular weight is 509 g/mol. The molecule has 3 aromatic carbocycles. The summed E-state index contributed by atoms with van der Waals surface area (Å²) in [4.78, 5) is 37.2. The number of carbonyl (C=O) groups excluding carboxylic acids is 2. The second kappa shape index (κ2) is 11.7. The van der Waals surface area contributed by atoms with E-state index in [0.29, 0.717) is 6.42 Å². The van der Waals surface area contributed by atoms with Gasteiger partial charge in [-0.2, -0.15) is 0 Å². The molecular formula is C30H32N6O2. The first-order valence-corrected chi connectivity index (χ1v) is 13.0. The van der Waals surface area contributed by atoms with Gasteiger partial charge in [0.25, 0.3) is 0 Å². The van der Waals surface area contributed by atoms with E-state index in [-0.39, 0.29) is 24.4 Å². The van der Waals surface area contributed by atoms with Crippen LogP contribution in [-0.2, 0) is 16.1 Å². The molecule has 0 spiro atoms. The van der Waals surface area contributed by atoms with Crippen molar-refractivity contribution in [1.82, 2.24) is 30.2 Å². The minimum Gasteiger partial charge on any atom is -0.359 e. The molecule has 0 saturated carbocycles. The lowest BCUT2D eigenvalue weighted by Gasteiger charge is -2.17. The van der Waals surface area contributed by atoms with Crippen molar-refractivity contribution >= 4 is 33.6 Å². The highest BCUT2D eigenvalue weighted by molar-refractivity contribution is 5.86. The van der Waals surface area contributed by atoms with Crippen LogP contribution in [-0.4, -0.2) is 38.4 Å². The zero-order chi connectivity index (χ0) is 26.3. The van der Waals surface area contributed by atoms with Crippen LogP contribution < -0.4 is 10.6 Å². The van der Waals surface area contributed by atoms with E-state index < -0.39 is 0 Å². The van der Waals surface area contributed by atoms with E-state index in [1.807, 2.05) is 47.2 Å². The van der Waals surface area contributed by atoms with Crippen LogP contribution in [0.25, 0.3) is 33.1 Å². The number of hydrogen-bond acceptors (Lipinski definition) is 4. The third-order valence-corrected chi connectivity index (χ3v) is 6.84. The molecule has 2 heterocycles. The number of para-hydroxylation sites is 2. The predicted octanol–water partition coefficient (Wildman–Crippen LogP) is 5.13. The van der Waals surface area contributed by atoms with Crippen molar-refractivity contribution < 1.29 is 9.59 Å². The molecule has 2 amide bonds. The molecular weight excluding hydrogens is 476 g/mol. The molecule has 3 N–H and O–H groups in total. The summed E-state index contributed by atoms with van der Waals surface area (Å²) in [5, 5.41) is 8.19. The van der Waals surface area contributed by atoms with Crippen LogP contribution in [0.4, 0.5) is 0 Å². The Balaban J connectivity index is 1.31. The number of unbranched alkanes of at least 4 members (excludes halogenated alkanes) is 2. The Hall–Kier alpha value is -4.46. The van der Waals surface area contributed by atoms with E-state index in [0.717, 1.165) is 59.2 Å². The summed E-state index contributed by atoms with van der Waals surface area (Å²) in [5.41, 5.74) is 3.73.